The second-order valence-corrected chi connectivity index (χ2v) is 4.46. The fraction of sp³-hybridized carbons (Fsp3) is 0.0833. The van der Waals surface area contributed by atoms with Crippen LogP contribution in [-0.4, -0.2) is 10.1 Å². The molecule has 0 aliphatic carbocycles. The molecule has 0 spiro atoms. The highest BCUT2D eigenvalue weighted by Gasteiger charge is 2.07. The summed E-state index contributed by atoms with van der Waals surface area (Å²) in [4.78, 5) is 4.00. The van der Waals surface area contributed by atoms with Crippen LogP contribution in [0.4, 0.5) is 5.82 Å². The zero-order valence-electron chi connectivity index (χ0n) is 8.82. The lowest BCUT2D eigenvalue weighted by Crippen LogP contribution is -1.96. The normalized spacial score (nSPS) is 10.5. The summed E-state index contributed by atoms with van der Waals surface area (Å²) in [5.41, 5.74) is 7.83. The molecular formula is C12H10Cl2N2O. The monoisotopic (exact) mass is 268 g/mol. The highest BCUT2D eigenvalue weighted by molar-refractivity contribution is 6.35. The summed E-state index contributed by atoms with van der Waals surface area (Å²) in [6.45, 7) is -0.119. The Morgan fingerprint density at radius 1 is 1.12 bits per heavy atom. The van der Waals surface area contributed by atoms with E-state index in [1.54, 1.807) is 30.5 Å². The van der Waals surface area contributed by atoms with Crippen LogP contribution < -0.4 is 5.73 Å². The van der Waals surface area contributed by atoms with Crippen molar-refractivity contribution in [3.05, 3.63) is 46.1 Å². The number of pyridine rings is 1. The zero-order valence-corrected chi connectivity index (χ0v) is 10.3. The van der Waals surface area contributed by atoms with E-state index in [9.17, 15) is 5.11 Å². The van der Waals surface area contributed by atoms with Gasteiger partial charge in [-0.15, -0.1) is 0 Å². The first kappa shape index (κ1) is 12.2. The Bertz CT molecular complexity index is 538. The quantitative estimate of drug-likeness (QED) is 0.880. The SMILES string of the molecule is Nc1cc(CO)c(-c2cc(Cl)cc(Cl)c2)cn1. The van der Waals surface area contributed by atoms with Crippen LogP contribution in [0.2, 0.25) is 10.0 Å². The number of halogens is 2. The molecule has 1 aromatic carbocycles. The van der Waals surface area contributed by atoms with Crippen molar-refractivity contribution in [3.63, 3.8) is 0 Å². The number of nitrogens with two attached hydrogens (primary N) is 1. The van der Waals surface area contributed by atoms with Gasteiger partial charge >= 0.3 is 0 Å². The largest absolute Gasteiger partial charge is 0.392 e. The molecule has 0 saturated carbocycles. The van der Waals surface area contributed by atoms with Crippen LogP contribution in [0.3, 0.4) is 0 Å². The van der Waals surface area contributed by atoms with Crippen LogP contribution in [-0.2, 0) is 6.61 Å². The molecule has 1 aromatic heterocycles. The molecule has 88 valence electrons. The average molecular weight is 269 g/mol. The van der Waals surface area contributed by atoms with Crippen LogP contribution in [0, 0.1) is 0 Å². The minimum absolute atomic E-state index is 0.119. The Hall–Kier alpha value is -1.29. The molecule has 0 saturated heterocycles. The van der Waals surface area contributed by atoms with Gasteiger partial charge in [0.2, 0.25) is 0 Å². The van der Waals surface area contributed by atoms with Crippen molar-refractivity contribution in [2.45, 2.75) is 6.61 Å². The molecule has 1 heterocycles. The van der Waals surface area contributed by atoms with Gasteiger partial charge in [-0.05, 0) is 35.4 Å². The number of rotatable bonds is 2. The molecule has 2 aromatic rings. The van der Waals surface area contributed by atoms with E-state index in [-0.39, 0.29) is 6.61 Å². The van der Waals surface area contributed by atoms with E-state index < -0.39 is 0 Å². The summed E-state index contributed by atoms with van der Waals surface area (Å²) in [6, 6.07) is 6.81. The molecule has 0 amide bonds. The summed E-state index contributed by atoms with van der Waals surface area (Å²) < 4.78 is 0. The number of nitrogens with zero attached hydrogens (tertiary/aromatic N) is 1. The summed E-state index contributed by atoms with van der Waals surface area (Å²) in [7, 11) is 0. The molecule has 3 nitrogen and oxygen atoms in total. The highest BCUT2D eigenvalue weighted by atomic mass is 35.5. The van der Waals surface area contributed by atoms with Crippen LogP contribution in [0.1, 0.15) is 5.56 Å². The van der Waals surface area contributed by atoms with Gasteiger partial charge in [0.25, 0.3) is 0 Å². The molecule has 0 atom stereocenters. The van der Waals surface area contributed by atoms with Gasteiger partial charge < -0.3 is 10.8 Å². The Labute approximate surface area is 109 Å². The minimum Gasteiger partial charge on any atom is -0.392 e. The number of nitrogen functional groups attached to an aromatic ring is 1. The Kier molecular flexibility index (Phi) is 3.52. The van der Waals surface area contributed by atoms with Crippen LogP contribution >= 0.6 is 23.2 Å². The first-order valence-electron chi connectivity index (χ1n) is 4.92. The van der Waals surface area contributed by atoms with Crippen LogP contribution in [0.5, 0.6) is 0 Å². The number of hydrogen-bond acceptors (Lipinski definition) is 3. The fourth-order valence-electron chi connectivity index (χ4n) is 1.62. The van der Waals surface area contributed by atoms with E-state index in [4.69, 9.17) is 28.9 Å². The summed E-state index contributed by atoms with van der Waals surface area (Å²) in [6.07, 6.45) is 1.60. The van der Waals surface area contributed by atoms with Crippen LogP contribution in [0.15, 0.2) is 30.5 Å². The maximum Gasteiger partial charge on any atom is 0.123 e. The molecule has 0 aliphatic heterocycles. The van der Waals surface area contributed by atoms with Gasteiger partial charge in [-0.25, -0.2) is 4.98 Å². The van der Waals surface area contributed by atoms with E-state index in [2.05, 4.69) is 4.98 Å². The number of aliphatic hydroxyl groups excluding tert-OH is 1. The molecule has 0 fully saturated rings. The van der Waals surface area contributed by atoms with Gasteiger partial charge in [-0.3, -0.25) is 0 Å². The van der Waals surface area contributed by atoms with Crippen molar-refractivity contribution in [3.8, 4) is 11.1 Å². The first-order valence-corrected chi connectivity index (χ1v) is 5.67. The fourth-order valence-corrected chi connectivity index (χ4v) is 2.14. The van der Waals surface area contributed by atoms with Crippen molar-refractivity contribution in [1.29, 1.82) is 0 Å². The van der Waals surface area contributed by atoms with Crippen molar-refractivity contribution in [2.75, 3.05) is 5.73 Å². The molecule has 0 unspecified atom stereocenters. The topological polar surface area (TPSA) is 59.1 Å². The number of anilines is 1. The molecule has 2 rings (SSSR count). The number of benzene rings is 1. The first-order chi connectivity index (χ1) is 8.10. The Balaban J connectivity index is 2.59. The predicted octanol–water partition coefficient (Wildman–Crippen LogP) is 3.13. The second-order valence-electron chi connectivity index (χ2n) is 3.58. The van der Waals surface area contributed by atoms with E-state index in [0.29, 0.717) is 21.4 Å². The third kappa shape index (κ3) is 2.69. The van der Waals surface area contributed by atoms with Crippen molar-refractivity contribution >= 4 is 29.0 Å². The van der Waals surface area contributed by atoms with E-state index in [1.807, 2.05) is 0 Å². The maximum atomic E-state index is 9.29. The lowest BCUT2D eigenvalue weighted by Gasteiger charge is -2.09. The average Bonchev–Trinajstić information content (AvgIpc) is 2.27. The third-order valence-electron chi connectivity index (χ3n) is 2.35. The minimum atomic E-state index is -0.119. The van der Waals surface area contributed by atoms with E-state index in [1.165, 1.54) is 0 Å². The van der Waals surface area contributed by atoms with Gasteiger partial charge in [-0.2, -0.15) is 0 Å². The van der Waals surface area contributed by atoms with Gasteiger partial charge in [0, 0.05) is 21.8 Å². The second kappa shape index (κ2) is 4.92. The molecule has 5 heteroatoms. The van der Waals surface area contributed by atoms with Gasteiger partial charge in [0.05, 0.1) is 6.61 Å². The molecule has 0 radical (unpaired) electrons. The predicted molar refractivity (Wildman–Crippen MR) is 70.0 cm³/mol. The van der Waals surface area contributed by atoms with Gasteiger partial charge in [-0.1, -0.05) is 23.2 Å². The summed E-state index contributed by atoms with van der Waals surface area (Å²) in [5.74, 6) is 0.367. The van der Waals surface area contributed by atoms with E-state index in [0.717, 1.165) is 11.1 Å². The van der Waals surface area contributed by atoms with Crippen LogP contribution in [0.25, 0.3) is 11.1 Å². The van der Waals surface area contributed by atoms with E-state index >= 15 is 0 Å². The zero-order chi connectivity index (χ0) is 12.4. The standard InChI is InChI=1S/C12H10Cl2N2O/c13-9-1-7(2-10(14)4-9)11-5-16-12(15)3-8(11)6-17/h1-5,17H,6H2,(H2,15,16). The lowest BCUT2D eigenvalue weighted by atomic mass is 10.0. The highest BCUT2D eigenvalue weighted by Crippen LogP contribution is 2.29. The van der Waals surface area contributed by atoms with Gasteiger partial charge in [0.15, 0.2) is 0 Å². The molecule has 3 N–H and O–H groups in total. The summed E-state index contributed by atoms with van der Waals surface area (Å²) in [5, 5.41) is 10.4. The molecule has 17 heavy (non-hydrogen) atoms. The molecule has 0 aliphatic rings. The molecule has 0 bridgehead atoms. The number of aromatic nitrogens is 1. The maximum absolute atomic E-state index is 9.29. The smallest absolute Gasteiger partial charge is 0.123 e. The Morgan fingerprint density at radius 3 is 2.35 bits per heavy atom. The Morgan fingerprint density at radius 2 is 1.76 bits per heavy atom. The summed E-state index contributed by atoms with van der Waals surface area (Å²) >= 11 is 11.9. The third-order valence-corrected chi connectivity index (χ3v) is 2.79. The van der Waals surface area contributed by atoms with Gasteiger partial charge in [0.1, 0.15) is 5.82 Å². The lowest BCUT2D eigenvalue weighted by molar-refractivity contribution is 0.282. The van der Waals surface area contributed by atoms with Crippen molar-refractivity contribution in [2.24, 2.45) is 0 Å². The number of hydrogen-bond donors (Lipinski definition) is 2. The van der Waals surface area contributed by atoms with Crippen molar-refractivity contribution < 1.29 is 5.11 Å². The molecular weight excluding hydrogens is 259 g/mol. The number of aliphatic hydroxyl groups is 1. The van der Waals surface area contributed by atoms with Crippen molar-refractivity contribution in [1.82, 2.24) is 4.98 Å².